The molecule has 0 saturated carbocycles. The van der Waals surface area contributed by atoms with Crippen LogP contribution in [0.2, 0.25) is 0 Å². The minimum absolute atomic E-state index is 0.0374. The first kappa shape index (κ1) is 17.0. The van der Waals surface area contributed by atoms with E-state index in [1.807, 2.05) is 0 Å². The molecule has 2 rings (SSSR count). The van der Waals surface area contributed by atoms with Crippen LogP contribution in [-0.4, -0.2) is 21.0 Å². The van der Waals surface area contributed by atoms with Crippen molar-refractivity contribution in [2.45, 2.75) is 6.92 Å². The molecule has 11 nitrogen and oxygen atoms in total. The van der Waals surface area contributed by atoms with Crippen LogP contribution in [0.5, 0.6) is 0 Å². The highest BCUT2D eigenvalue weighted by Crippen LogP contribution is 2.29. The summed E-state index contributed by atoms with van der Waals surface area (Å²) in [5, 5.41) is 36.2. The quantitative estimate of drug-likeness (QED) is 0.476. The summed E-state index contributed by atoms with van der Waals surface area (Å²) in [5.41, 5.74) is 1.41. The fourth-order valence-electron chi connectivity index (χ4n) is 1.78. The van der Waals surface area contributed by atoms with Crippen LogP contribution in [0.3, 0.4) is 0 Å². The van der Waals surface area contributed by atoms with Crippen molar-refractivity contribution in [2.24, 2.45) is 5.10 Å². The van der Waals surface area contributed by atoms with Crippen LogP contribution in [0.1, 0.15) is 9.75 Å². The van der Waals surface area contributed by atoms with Gasteiger partial charge in [0.05, 0.1) is 36.8 Å². The average molecular weight is 351 g/mol. The minimum atomic E-state index is -0.773. The number of hydrazone groups is 1. The number of anilines is 1. The van der Waals surface area contributed by atoms with Crippen molar-refractivity contribution in [2.75, 3.05) is 5.43 Å². The molecule has 1 aromatic heterocycles. The number of non-ortho nitro benzene ring substituents is 1. The zero-order chi connectivity index (χ0) is 17.9. The van der Waals surface area contributed by atoms with Crippen molar-refractivity contribution in [1.82, 2.24) is 0 Å². The van der Waals surface area contributed by atoms with Crippen LogP contribution < -0.4 is 5.43 Å². The van der Waals surface area contributed by atoms with Gasteiger partial charge >= 0.3 is 5.69 Å². The zero-order valence-corrected chi connectivity index (χ0v) is 12.8. The molecule has 0 fully saturated rings. The smallest absolute Gasteiger partial charge is 0.272 e. The van der Waals surface area contributed by atoms with Crippen LogP contribution >= 0.6 is 11.3 Å². The monoisotopic (exact) mass is 351 g/mol. The van der Waals surface area contributed by atoms with E-state index < -0.39 is 26.1 Å². The molecule has 1 aromatic carbocycles. The highest BCUT2D eigenvalue weighted by molar-refractivity contribution is 7.14. The lowest BCUT2D eigenvalue weighted by atomic mass is 10.2. The lowest BCUT2D eigenvalue weighted by molar-refractivity contribution is -0.393. The van der Waals surface area contributed by atoms with Gasteiger partial charge < -0.3 is 0 Å². The largest absolute Gasteiger partial charge is 0.301 e. The molecule has 12 heteroatoms. The lowest BCUT2D eigenvalue weighted by Gasteiger charge is -2.01. The summed E-state index contributed by atoms with van der Waals surface area (Å²) in [5.74, 6) is 0. The number of thiophene rings is 1. The zero-order valence-electron chi connectivity index (χ0n) is 12.0. The number of rotatable bonds is 6. The summed E-state index contributed by atoms with van der Waals surface area (Å²) in [6.07, 6.45) is 1.27. The van der Waals surface area contributed by atoms with E-state index in [0.717, 1.165) is 29.5 Å². The Hall–Kier alpha value is -3.41. The standard InChI is InChI=1S/C12H9N5O6S/c1-7-11(16(20)21)5-9(24-7)6-13-14-10-3-2-8(15(18)19)4-12(10)17(22)23/h2-6,14H,1H3/b13-6-. The van der Waals surface area contributed by atoms with Gasteiger partial charge in [-0.25, -0.2) is 0 Å². The van der Waals surface area contributed by atoms with Crippen molar-refractivity contribution in [3.8, 4) is 0 Å². The van der Waals surface area contributed by atoms with Crippen LogP contribution in [0.25, 0.3) is 0 Å². The summed E-state index contributed by atoms with van der Waals surface area (Å²) in [4.78, 5) is 31.3. The highest BCUT2D eigenvalue weighted by Gasteiger charge is 2.19. The molecule has 0 amide bonds. The molecule has 0 aliphatic heterocycles. The van der Waals surface area contributed by atoms with Crippen LogP contribution in [0.15, 0.2) is 29.4 Å². The number of hydrogen-bond donors (Lipinski definition) is 1. The molecule has 1 N–H and O–H groups in total. The predicted molar refractivity (Wildman–Crippen MR) is 86.7 cm³/mol. The summed E-state index contributed by atoms with van der Waals surface area (Å²) in [6, 6.07) is 4.41. The van der Waals surface area contributed by atoms with Gasteiger partial charge in [0.25, 0.3) is 11.4 Å². The number of nitrogens with zero attached hydrogens (tertiary/aromatic N) is 4. The van der Waals surface area contributed by atoms with Gasteiger partial charge in [0.1, 0.15) is 5.69 Å². The van der Waals surface area contributed by atoms with E-state index in [9.17, 15) is 30.3 Å². The number of benzene rings is 1. The molecule has 0 atom stereocenters. The molecular formula is C12H9N5O6S. The number of nitrogens with one attached hydrogen (secondary N) is 1. The highest BCUT2D eigenvalue weighted by atomic mass is 32.1. The van der Waals surface area contributed by atoms with Crippen LogP contribution in [-0.2, 0) is 0 Å². The maximum Gasteiger partial charge on any atom is 0.301 e. The second kappa shape index (κ2) is 6.78. The Morgan fingerprint density at radius 3 is 2.25 bits per heavy atom. The summed E-state index contributed by atoms with van der Waals surface area (Å²) < 4.78 is 0. The summed E-state index contributed by atoms with van der Waals surface area (Å²) in [7, 11) is 0. The normalized spacial score (nSPS) is 10.7. The van der Waals surface area contributed by atoms with Gasteiger partial charge in [-0.15, -0.1) is 11.3 Å². The second-order valence-electron chi connectivity index (χ2n) is 4.43. The minimum Gasteiger partial charge on any atom is -0.272 e. The van der Waals surface area contributed by atoms with E-state index >= 15 is 0 Å². The number of nitro groups is 3. The maximum absolute atomic E-state index is 11.0. The number of nitro benzene ring substituents is 2. The van der Waals surface area contributed by atoms with Gasteiger partial charge in [-0.1, -0.05) is 0 Å². The Balaban J connectivity index is 2.22. The molecule has 124 valence electrons. The van der Waals surface area contributed by atoms with Gasteiger partial charge in [0.2, 0.25) is 0 Å². The second-order valence-corrected chi connectivity index (χ2v) is 5.72. The van der Waals surface area contributed by atoms with Gasteiger partial charge in [-0.3, -0.25) is 35.8 Å². The molecule has 0 aliphatic carbocycles. The Kier molecular flexibility index (Phi) is 4.79. The number of hydrogen-bond acceptors (Lipinski definition) is 9. The molecule has 1 heterocycles. The van der Waals surface area contributed by atoms with Gasteiger partial charge in [0.15, 0.2) is 0 Å². The molecule has 0 spiro atoms. The van der Waals surface area contributed by atoms with E-state index in [0.29, 0.717) is 9.75 Å². The Labute approximate surface area is 137 Å². The summed E-state index contributed by atoms with van der Waals surface area (Å²) in [6.45, 7) is 1.59. The molecule has 0 saturated heterocycles. The Morgan fingerprint density at radius 1 is 1.04 bits per heavy atom. The average Bonchev–Trinajstić information content (AvgIpc) is 2.88. The molecule has 0 bridgehead atoms. The fourth-order valence-corrected chi connectivity index (χ4v) is 2.65. The third-order valence-corrected chi connectivity index (χ3v) is 3.85. The third kappa shape index (κ3) is 3.67. The Morgan fingerprint density at radius 2 is 1.71 bits per heavy atom. The molecular weight excluding hydrogens is 342 g/mol. The first-order chi connectivity index (χ1) is 11.3. The lowest BCUT2D eigenvalue weighted by Crippen LogP contribution is -1.98. The van der Waals surface area contributed by atoms with E-state index in [4.69, 9.17) is 0 Å². The van der Waals surface area contributed by atoms with Gasteiger partial charge in [-0.05, 0) is 13.0 Å². The molecule has 0 radical (unpaired) electrons. The molecule has 24 heavy (non-hydrogen) atoms. The van der Waals surface area contributed by atoms with Crippen molar-refractivity contribution < 1.29 is 14.8 Å². The topological polar surface area (TPSA) is 154 Å². The van der Waals surface area contributed by atoms with E-state index in [2.05, 4.69) is 10.5 Å². The Bertz CT molecular complexity index is 862. The summed E-state index contributed by atoms with van der Waals surface area (Å²) >= 11 is 1.14. The van der Waals surface area contributed by atoms with Gasteiger partial charge in [0, 0.05) is 12.1 Å². The third-order valence-electron chi connectivity index (χ3n) is 2.87. The molecule has 0 unspecified atom stereocenters. The van der Waals surface area contributed by atoms with E-state index in [1.165, 1.54) is 12.3 Å². The van der Waals surface area contributed by atoms with Crippen LogP contribution in [0, 0.1) is 37.3 Å². The van der Waals surface area contributed by atoms with Gasteiger partial charge in [-0.2, -0.15) is 5.10 Å². The van der Waals surface area contributed by atoms with E-state index in [-0.39, 0.29) is 11.4 Å². The van der Waals surface area contributed by atoms with Crippen molar-refractivity contribution in [3.05, 3.63) is 64.4 Å². The van der Waals surface area contributed by atoms with Crippen molar-refractivity contribution >= 4 is 40.3 Å². The first-order valence-corrected chi connectivity index (χ1v) is 7.08. The van der Waals surface area contributed by atoms with E-state index in [1.54, 1.807) is 6.92 Å². The predicted octanol–water partition coefficient (Wildman–Crippen LogP) is 3.23. The number of aryl methyl sites for hydroxylation is 1. The molecule has 2 aromatic rings. The SMILES string of the molecule is Cc1sc(/C=N\Nc2ccc([N+](=O)[O-])cc2[N+](=O)[O-])cc1[N+](=O)[O-]. The molecule has 0 aliphatic rings. The first-order valence-electron chi connectivity index (χ1n) is 6.26. The van der Waals surface area contributed by atoms with Crippen LogP contribution in [0.4, 0.5) is 22.7 Å². The van der Waals surface area contributed by atoms with Crippen molar-refractivity contribution in [3.63, 3.8) is 0 Å². The maximum atomic E-state index is 11.0. The fraction of sp³-hybridized carbons (Fsp3) is 0.0833. The van der Waals surface area contributed by atoms with Crippen molar-refractivity contribution in [1.29, 1.82) is 0 Å².